The van der Waals surface area contributed by atoms with Crippen molar-refractivity contribution in [3.05, 3.63) is 65.7 Å². The van der Waals surface area contributed by atoms with Crippen molar-refractivity contribution < 1.29 is 14.3 Å². The van der Waals surface area contributed by atoms with E-state index in [1.54, 1.807) is 17.1 Å². The highest BCUT2D eigenvalue weighted by atomic mass is 16.5. The Kier molecular flexibility index (Phi) is 5.27. The molecule has 25 heavy (non-hydrogen) atoms. The first-order valence-electron chi connectivity index (χ1n) is 7.93. The molecule has 0 saturated carbocycles. The summed E-state index contributed by atoms with van der Waals surface area (Å²) in [5, 5.41) is 14.5. The van der Waals surface area contributed by atoms with Crippen molar-refractivity contribution in [1.82, 2.24) is 5.01 Å². The van der Waals surface area contributed by atoms with Crippen LogP contribution < -0.4 is 4.74 Å². The lowest BCUT2D eigenvalue weighted by Crippen LogP contribution is -2.35. The summed E-state index contributed by atoms with van der Waals surface area (Å²) >= 11 is 0. The number of carbonyl (C=O) groups is 1. The van der Waals surface area contributed by atoms with Gasteiger partial charge in [0, 0.05) is 12.1 Å². The normalized spacial score (nSPS) is 13.6. The Morgan fingerprint density at radius 1 is 1.16 bits per heavy atom. The average molecular weight is 335 g/mol. The van der Waals surface area contributed by atoms with E-state index in [1.807, 2.05) is 48.5 Å². The van der Waals surface area contributed by atoms with Crippen molar-refractivity contribution in [3.63, 3.8) is 0 Å². The van der Waals surface area contributed by atoms with Gasteiger partial charge in [-0.05, 0) is 29.8 Å². The second-order valence-electron chi connectivity index (χ2n) is 5.47. The number of rotatable bonds is 6. The zero-order chi connectivity index (χ0) is 17.5. The first-order valence-corrected chi connectivity index (χ1v) is 7.93. The summed E-state index contributed by atoms with van der Waals surface area (Å²) in [5.74, 6) is 0.577. The number of esters is 1. The van der Waals surface area contributed by atoms with E-state index < -0.39 is 0 Å². The molecule has 0 N–H and O–H groups in total. The third-order valence-corrected chi connectivity index (χ3v) is 3.59. The highest BCUT2D eigenvalue weighted by Gasteiger charge is 2.21. The van der Waals surface area contributed by atoms with Crippen molar-refractivity contribution in [2.45, 2.75) is 13.0 Å². The molecular formula is C19H17N3O3. The molecule has 0 spiro atoms. The minimum atomic E-state index is -0.382. The number of hydrogen-bond donors (Lipinski definition) is 0. The van der Waals surface area contributed by atoms with Crippen LogP contribution in [0.4, 0.5) is 0 Å². The Morgan fingerprint density at radius 3 is 2.64 bits per heavy atom. The molecule has 0 aliphatic carbocycles. The molecule has 2 aromatic carbocycles. The molecule has 1 heterocycles. The number of cyclic esters (lactones) is 1. The molecular weight excluding hydrogens is 318 g/mol. The van der Waals surface area contributed by atoms with Crippen LogP contribution in [0.25, 0.3) is 0 Å². The molecule has 0 unspecified atom stereocenters. The van der Waals surface area contributed by atoms with Crippen LogP contribution in [0.1, 0.15) is 17.5 Å². The van der Waals surface area contributed by atoms with E-state index >= 15 is 0 Å². The summed E-state index contributed by atoms with van der Waals surface area (Å²) in [7, 11) is 0. The quantitative estimate of drug-likeness (QED) is 0.759. The largest absolute Gasteiger partial charge is 0.489 e. The monoisotopic (exact) mass is 335 g/mol. The molecule has 2 aromatic rings. The number of benzene rings is 2. The maximum Gasteiger partial charge on any atom is 0.334 e. The topological polar surface area (TPSA) is 74.9 Å². The Balaban J connectivity index is 1.66. The summed E-state index contributed by atoms with van der Waals surface area (Å²) in [6.07, 6.45) is 0.302. The van der Waals surface area contributed by atoms with Crippen LogP contribution in [0.5, 0.6) is 5.75 Å². The summed E-state index contributed by atoms with van der Waals surface area (Å²) in [4.78, 5) is 11.7. The zero-order valence-electron chi connectivity index (χ0n) is 13.6. The number of nitrogens with zero attached hydrogens (tertiary/aromatic N) is 3. The summed E-state index contributed by atoms with van der Waals surface area (Å²) in [6, 6.07) is 19.1. The van der Waals surface area contributed by atoms with Crippen LogP contribution in [0.15, 0.2) is 59.7 Å². The molecule has 0 saturated heterocycles. The van der Waals surface area contributed by atoms with Gasteiger partial charge in [0.05, 0.1) is 12.5 Å². The van der Waals surface area contributed by atoms with Gasteiger partial charge in [0.15, 0.2) is 0 Å². The predicted molar refractivity (Wildman–Crippen MR) is 91.6 cm³/mol. The maximum atomic E-state index is 11.7. The Bertz CT molecular complexity index is 795. The Hall–Kier alpha value is -3.33. The molecule has 0 fully saturated rings. The zero-order valence-corrected chi connectivity index (χ0v) is 13.6. The first kappa shape index (κ1) is 16.5. The van der Waals surface area contributed by atoms with E-state index in [4.69, 9.17) is 14.7 Å². The van der Waals surface area contributed by atoms with Crippen molar-refractivity contribution >= 4 is 11.9 Å². The van der Waals surface area contributed by atoms with Crippen LogP contribution >= 0.6 is 0 Å². The van der Waals surface area contributed by atoms with Gasteiger partial charge in [-0.1, -0.05) is 30.3 Å². The van der Waals surface area contributed by atoms with Crippen LogP contribution in [0, 0.1) is 11.3 Å². The third kappa shape index (κ3) is 4.58. The molecule has 0 bridgehead atoms. The summed E-state index contributed by atoms with van der Waals surface area (Å²) in [6.45, 7) is 0.939. The number of carbonyl (C=O) groups excluding carboxylic acids is 1. The minimum Gasteiger partial charge on any atom is -0.489 e. The number of ether oxygens (including phenoxy) is 2. The van der Waals surface area contributed by atoms with Crippen molar-refractivity contribution in [2.24, 2.45) is 5.10 Å². The minimum absolute atomic E-state index is 0.0590. The second-order valence-corrected chi connectivity index (χ2v) is 5.47. The van der Waals surface area contributed by atoms with Crippen LogP contribution in [-0.2, 0) is 16.1 Å². The Morgan fingerprint density at radius 2 is 1.92 bits per heavy atom. The number of hydrogen-bond acceptors (Lipinski definition) is 6. The molecule has 6 heteroatoms. The number of hydrazone groups is 1. The van der Waals surface area contributed by atoms with Gasteiger partial charge >= 0.3 is 5.97 Å². The van der Waals surface area contributed by atoms with Gasteiger partial charge in [-0.25, -0.2) is 4.79 Å². The lowest BCUT2D eigenvalue weighted by Gasteiger charge is -2.23. The lowest BCUT2D eigenvalue weighted by atomic mass is 10.2. The average Bonchev–Trinajstić information content (AvgIpc) is 2.65. The third-order valence-electron chi connectivity index (χ3n) is 3.59. The van der Waals surface area contributed by atoms with E-state index in [0.717, 1.165) is 11.3 Å². The standard InChI is InChI=1S/C19H17N3O3/c20-11-4-12-22-13-18(23)25-19(21-22)16-7-9-17(10-8-16)24-14-15-5-2-1-3-6-15/h1-3,5-10H,4,12-14H2. The first-order chi connectivity index (χ1) is 12.2. The highest BCUT2D eigenvalue weighted by Crippen LogP contribution is 2.17. The van der Waals surface area contributed by atoms with Crippen LogP contribution in [-0.4, -0.2) is 30.0 Å². The van der Waals surface area contributed by atoms with Gasteiger partial charge in [0.1, 0.15) is 18.9 Å². The van der Waals surface area contributed by atoms with Gasteiger partial charge in [0.2, 0.25) is 5.90 Å². The smallest absolute Gasteiger partial charge is 0.334 e. The molecule has 0 aromatic heterocycles. The molecule has 0 atom stereocenters. The van der Waals surface area contributed by atoms with Gasteiger partial charge in [0.25, 0.3) is 0 Å². The fourth-order valence-electron chi connectivity index (χ4n) is 2.33. The molecule has 1 aliphatic heterocycles. The fraction of sp³-hybridized carbons (Fsp3) is 0.211. The molecule has 6 nitrogen and oxygen atoms in total. The van der Waals surface area contributed by atoms with E-state index in [1.165, 1.54) is 0 Å². The molecule has 1 aliphatic rings. The Labute approximate surface area is 145 Å². The summed E-state index contributed by atoms with van der Waals surface area (Å²) in [5.41, 5.74) is 1.77. The lowest BCUT2D eigenvalue weighted by molar-refractivity contribution is -0.138. The van der Waals surface area contributed by atoms with Gasteiger partial charge < -0.3 is 9.47 Å². The fourth-order valence-corrected chi connectivity index (χ4v) is 2.33. The van der Waals surface area contributed by atoms with Crippen LogP contribution in [0.2, 0.25) is 0 Å². The molecule has 0 radical (unpaired) electrons. The number of nitriles is 1. The van der Waals surface area contributed by atoms with Crippen molar-refractivity contribution in [1.29, 1.82) is 5.26 Å². The highest BCUT2D eigenvalue weighted by molar-refractivity contribution is 6.01. The van der Waals surface area contributed by atoms with Gasteiger partial charge in [-0.3, -0.25) is 5.01 Å². The predicted octanol–water partition coefficient (Wildman–Crippen LogP) is 2.70. The van der Waals surface area contributed by atoms with E-state index in [2.05, 4.69) is 5.10 Å². The van der Waals surface area contributed by atoms with Gasteiger partial charge in [-0.15, -0.1) is 5.10 Å². The molecule has 0 amide bonds. The van der Waals surface area contributed by atoms with Crippen molar-refractivity contribution in [2.75, 3.05) is 13.1 Å². The van der Waals surface area contributed by atoms with E-state index in [-0.39, 0.29) is 18.4 Å². The van der Waals surface area contributed by atoms with Gasteiger partial charge in [-0.2, -0.15) is 5.26 Å². The SMILES string of the molecule is N#CCCN1CC(=O)OC(c2ccc(OCc3ccccc3)cc2)=N1. The van der Waals surface area contributed by atoms with Crippen LogP contribution in [0.3, 0.4) is 0 Å². The maximum absolute atomic E-state index is 11.7. The molecule has 126 valence electrons. The molecule has 3 rings (SSSR count). The second kappa shape index (κ2) is 7.97. The van der Waals surface area contributed by atoms with E-state index in [9.17, 15) is 4.79 Å². The van der Waals surface area contributed by atoms with E-state index in [0.29, 0.717) is 25.1 Å². The van der Waals surface area contributed by atoms with Crippen molar-refractivity contribution in [3.8, 4) is 11.8 Å². The summed E-state index contributed by atoms with van der Waals surface area (Å²) < 4.78 is 10.9.